The predicted octanol–water partition coefficient (Wildman–Crippen LogP) is 16.0. The van der Waals surface area contributed by atoms with Crippen molar-refractivity contribution in [3.05, 3.63) is 279 Å². The summed E-state index contributed by atoms with van der Waals surface area (Å²) in [5, 5.41) is 8.67. The van der Waals surface area contributed by atoms with E-state index in [4.69, 9.17) is 4.98 Å². The first-order chi connectivity index (χ1) is 35.2. The maximum absolute atomic E-state index is 5.77. The van der Waals surface area contributed by atoms with E-state index in [1.54, 1.807) is 0 Å². The topological polar surface area (TPSA) is 29.2 Å². The van der Waals surface area contributed by atoms with Crippen LogP contribution in [0.3, 0.4) is 0 Å². The summed E-state index contributed by atoms with van der Waals surface area (Å²) in [4.78, 5) is 10.4. The molecule has 0 atom stereocenters. The summed E-state index contributed by atoms with van der Waals surface area (Å²) < 4.78 is 4.74. The van der Waals surface area contributed by atoms with Crippen LogP contribution in [-0.2, 0) is 0 Å². The molecule has 0 unspecified atom stereocenters. The van der Waals surface area contributed by atoms with E-state index in [-0.39, 0.29) is 0 Å². The Labute approximate surface area is 414 Å². The van der Waals surface area contributed by atoms with Crippen molar-refractivity contribution in [1.82, 2.24) is 14.1 Å². The van der Waals surface area contributed by atoms with E-state index in [9.17, 15) is 0 Å². The Morgan fingerprint density at radius 3 is 0.887 bits per heavy atom. The first-order valence-electron chi connectivity index (χ1n) is 24.1. The molecule has 13 rings (SSSR count). The highest BCUT2D eigenvalue weighted by molar-refractivity contribution is 7.79. The second-order valence-corrected chi connectivity index (χ2v) is 19.9. The van der Waals surface area contributed by atoms with Gasteiger partial charge in [0.15, 0.2) is 0 Å². The third-order valence-electron chi connectivity index (χ3n) is 13.4. The summed E-state index contributed by atoms with van der Waals surface area (Å²) in [7, 11) is -1.03. The van der Waals surface area contributed by atoms with Crippen molar-refractivity contribution >= 4 is 102 Å². The zero-order valence-electron chi connectivity index (χ0n) is 38.7. The number of nitrogens with zero attached hydrogens (tertiary/aromatic N) is 5. The lowest BCUT2D eigenvalue weighted by atomic mass is 10.2. The maximum Gasteiger partial charge on any atom is 0.140 e. The fraction of sp³-hybridized carbons (Fsp3) is 0. The molecule has 5 nitrogen and oxygen atoms in total. The fourth-order valence-electron chi connectivity index (χ4n) is 10.3. The van der Waals surface area contributed by atoms with Gasteiger partial charge in [0.1, 0.15) is 11.6 Å². The standard InChI is InChI=1S/C65H46N5P/c1-5-21-47(22-6-1)67(49-37-41-51(42-38-49)69-60-33-17-13-29-56(60)57-30-14-18-34-61(57)69)64-45-55(71(53-25-9-3-10-26-53)54-27-11-4-12-28-54)46-65(66-64)68(48-23-7-2-8-24-48)50-39-43-52(44-40-50)70-62-35-19-15-31-58(62)59-32-16-20-36-63(59)70/h1-46H. The fourth-order valence-corrected chi connectivity index (χ4v) is 12.7. The third-order valence-corrected chi connectivity index (χ3v) is 15.9. The normalized spacial score (nSPS) is 11.5. The van der Waals surface area contributed by atoms with Crippen molar-refractivity contribution in [2.75, 3.05) is 9.80 Å². The van der Waals surface area contributed by atoms with Gasteiger partial charge in [0.05, 0.1) is 22.1 Å². The number of hydrogen-bond acceptors (Lipinski definition) is 3. The average molecular weight is 928 g/mol. The van der Waals surface area contributed by atoms with Crippen LogP contribution in [-0.4, -0.2) is 14.1 Å². The number of benzene rings is 10. The molecule has 3 aromatic heterocycles. The van der Waals surface area contributed by atoms with E-state index in [0.717, 1.165) is 45.8 Å². The monoisotopic (exact) mass is 927 g/mol. The van der Waals surface area contributed by atoms with E-state index < -0.39 is 7.92 Å². The van der Waals surface area contributed by atoms with Gasteiger partial charge in [0, 0.05) is 55.7 Å². The minimum atomic E-state index is -1.03. The minimum Gasteiger partial charge on any atom is -0.309 e. The van der Waals surface area contributed by atoms with Crippen LogP contribution in [0.5, 0.6) is 0 Å². The van der Waals surface area contributed by atoms with Crippen LogP contribution in [0.2, 0.25) is 0 Å². The lowest BCUT2D eigenvalue weighted by Crippen LogP contribution is -2.24. The highest BCUT2D eigenvalue weighted by atomic mass is 31.1. The van der Waals surface area contributed by atoms with E-state index in [1.807, 2.05) is 0 Å². The molecule has 0 aliphatic carbocycles. The van der Waals surface area contributed by atoms with E-state index in [0.29, 0.717) is 0 Å². The second kappa shape index (κ2) is 18.1. The van der Waals surface area contributed by atoms with Gasteiger partial charge >= 0.3 is 0 Å². The molecule has 3 heterocycles. The summed E-state index contributed by atoms with van der Waals surface area (Å²) >= 11 is 0. The van der Waals surface area contributed by atoms with Gasteiger partial charge in [-0.15, -0.1) is 0 Å². The Bertz CT molecular complexity index is 3620. The second-order valence-electron chi connectivity index (χ2n) is 17.7. The van der Waals surface area contributed by atoms with Crippen LogP contribution in [0, 0.1) is 0 Å². The largest absolute Gasteiger partial charge is 0.309 e. The first kappa shape index (κ1) is 42.1. The number of fused-ring (bicyclic) bond motifs is 6. The van der Waals surface area contributed by atoms with E-state index >= 15 is 0 Å². The number of anilines is 6. The molecular formula is C65H46N5P. The summed E-state index contributed by atoms with van der Waals surface area (Å²) in [6, 6.07) is 100. The van der Waals surface area contributed by atoms with E-state index in [2.05, 4.69) is 298 Å². The molecule has 0 N–H and O–H groups in total. The van der Waals surface area contributed by atoms with Crippen molar-refractivity contribution < 1.29 is 0 Å². The van der Waals surface area contributed by atoms with Crippen molar-refractivity contribution in [3.63, 3.8) is 0 Å². The van der Waals surface area contributed by atoms with Crippen molar-refractivity contribution in [2.24, 2.45) is 0 Å². The Balaban J connectivity index is 1.01. The van der Waals surface area contributed by atoms with Crippen molar-refractivity contribution in [3.8, 4) is 11.4 Å². The molecule has 336 valence electrons. The molecular weight excluding hydrogens is 882 g/mol. The van der Waals surface area contributed by atoms with Gasteiger partial charge in [-0.3, -0.25) is 9.80 Å². The van der Waals surface area contributed by atoms with Crippen LogP contribution < -0.4 is 25.7 Å². The highest BCUT2D eigenvalue weighted by Gasteiger charge is 2.25. The van der Waals surface area contributed by atoms with Crippen molar-refractivity contribution in [1.29, 1.82) is 0 Å². The SMILES string of the molecule is c1ccc(N(c2ccc(-n3c4ccccc4c4ccccc43)cc2)c2cc(P(c3ccccc3)c3ccccc3)cc(N(c3ccccc3)c3ccc(-n4c5ccccc5c5ccccc54)cc3)n2)cc1. The number of aromatic nitrogens is 3. The molecule has 13 aromatic rings. The number of rotatable bonds is 11. The van der Waals surface area contributed by atoms with Gasteiger partial charge in [-0.05, 0) is 133 Å². The number of pyridine rings is 1. The Hall–Kier alpha value is -9.02. The van der Waals surface area contributed by atoms with Gasteiger partial charge in [0.2, 0.25) is 0 Å². The van der Waals surface area contributed by atoms with Gasteiger partial charge < -0.3 is 9.13 Å². The molecule has 0 amide bonds. The molecule has 0 aliphatic rings. The smallest absolute Gasteiger partial charge is 0.140 e. The molecule has 0 bridgehead atoms. The zero-order valence-corrected chi connectivity index (χ0v) is 39.6. The molecule has 6 heteroatoms. The molecule has 0 fully saturated rings. The van der Waals surface area contributed by atoms with Gasteiger partial charge in [-0.25, -0.2) is 4.98 Å². The van der Waals surface area contributed by atoms with Gasteiger partial charge in [0.25, 0.3) is 0 Å². The molecule has 0 aliphatic heterocycles. The maximum atomic E-state index is 5.77. The van der Waals surface area contributed by atoms with Crippen LogP contribution >= 0.6 is 7.92 Å². The van der Waals surface area contributed by atoms with Crippen molar-refractivity contribution in [2.45, 2.75) is 0 Å². The molecule has 10 aromatic carbocycles. The lowest BCUT2D eigenvalue weighted by Gasteiger charge is -2.30. The van der Waals surface area contributed by atoms with Gasteiger partial charge in [-0.2, -0.15) is 0 Å². The Morgan fingerprint density at radius 2 is 0.549 bits per heavy atom. The zero-order chi connectivity index (χ0) is 47.1. The van der Waals surface area contributed by atoms with Crippen LogP contribution in [0.4, 0.5) is 34.4 Å². The molecule has 0 radical (unpaired) electrons. The molecule has 0 spiro atoms. The molecule has 71 heavy (non-hydrogen) atoms. The Kier molecular flexibility index (Phi) is 10.8. The van der Waals surface area contributed by atoms with E-state index in [1.165, 1.54) is 59.5 Å². The summed E-state index contributed by atoms with van der Waals surface area (Å²) in [6.45, 7) is 0. The Morgan fingerprint density at radius 1 is 0.268 bits per heavy atom. The molecule has 0 saturated heterocycles. The van der Waals surface area contributed by atoms with Gasteiger partial charge in [-0.1, -0.05) is 170 Å². The summed E-state index contributed by atoms with van der Waals surface area (Å²) in [5.41, 5.74) is 10.9. The quantitative estimate of drug-likeness (QED) is 0.121. The number of para-hydroxylation sites is 6. The third kappa shape index (κ3) is 7.61. The first-order valence-corrected chi connectivity index (χ1v) is 25.4. The highest BCUT2D eigenvalue weighted by Crippen LogP contribution is 2.43. The van der Waals surface area contributed by atoms with Crippen LogP contribution in [0.1, 0.15) is 0 Å². The van der Waals surface area contributed by atoms with Crippen LogP contribution in [0.25, 0.3) is 55.0 Å². The predicted molar refractivity (Wildman–Crippen MR) is 301 cm³/mol. The lowest BCUT2D eigenvalue weighted by molar-refractivity contribution is 1.13. The van der Waals surface area contributed by atoms with Crippen LogP contribution in [0.15, 0.2) is 279 Å². The average Bonchev–Trinajstić information content (AvgIpc) is 3.96. The summed E-state index contributed by atoms with van der Waals surface area (Å²) in [5.74, 6) is 1.63. The number of hydrogen-bond donors (Lipinski definition) is 0. The summed E-state index contributed by atoms with van der Waals surface area (Å²) in [6.07, 6.45) is 0. The minimum absolute atomic E-state index is 0.815. The molecule has 0 saturated carbocycles.